The average molecular weight is 446 g/mol. The highest BCUT2D eigenvalue weighted by Gasteiger charge is 2.53. The molecule has 4 fully saturated rings. The molecule has 4 aliphatic rings. The van der Waals surface area contributed by atoms with Gasteiger partial charge in [-0.25, -0.2) is 4.98 Å². The number of carbonyl (C=O) groups is 2. The standard InChI is InChI=1S/C23H25F3N4O2/c1-28-18-10-13(12-2-3-12)9-17(23(24,25)26)19(18)27-20(28)22(32)29-6-4-15(5-7-29)30-11-14-8-16(14)21(30)31/h9-10,12,14-16H,2-8,11H2,1H3. The van der Waals surface area contributed by atoms with Gasteiger partial charge in [-0.3, -0.25) is 9.59 Å². The number of benzene rings is 1. The summed E-state index contributed by atoms with van der Waals surface area (Å²) in [6.45, 7) is 1.78. The van der Waals surface area contributed by atoms with Crippen molar-refractivity contribution in [3.63, 3.8) is 0 Å². The van der Waals surface area contributed by atoms with Gasteiger partial charge in [0.25, 0.3) is 5.91 Å². The van der Waals surface area contributed by atoms with Crippen LogP contribution in [0.5, 0.6) is 0 Å². The fourth-order valence-corrected chi connectivity index (χ4v) is 5.53. The van der Waals surface area contributed by atoms with E-state index < -0.39 is 11.7 Å². The molecule has 9 heteroatoms. The van der Waals surface area contributed by atoms with Crippen LogP contribution in [0, 0.1) is 11.8 Å². The lowest BCUT2D eigenvalue weighted by atomic mass is 10.0. The fourth-order valence-electron chi connectivity index (χ4n) is 5.53. The summed E-state index contributed by atoms with van der Waals surface area (Å²) in [5, 5.41) is 0. The first-order valence-corrected chi connectivity index (χ1v) is 11.4. The number of likely N-dealkylation sites (tertiary alicyclic amines) is 2. The first kappa shape index (κ1) is 20.1. The number of piperidine rings is 2. The van der Waals surface area contributed by atoms with Crippen LogP contribution in [0.15, 0.2) is 12.1 Å². The molecule has 32 heavy (non-hydrogen) atoms. The van der Waals surface area contributed by atoms with Crippen molar-refractivity contribution in [3.8, 4) is 0 Å². The molecule has 6 rings (SSSR count). The number of aromatic nitrogens is 2. The van der Waals surface area contributed by atoms with Gasteiger partial charge in [-0.2, -0.15) is 13.2 Å². The Morgan fingerprint density at radius 3 is 2.44 bits per heavy atom. The summed E-state index contributed by atoms with van der Waals surface area (Å²) in [7, 11) is 1.61. The minimum absolute atomic E-state index is 0.0374. The SMILES string of the molecule is Cn1c(C(=O)N2CCC(N3CC4CC4C3=O)CC2)nc2c(C(F)(F)F)cc(C3CC3)cc21. The molecular weight excluding hydrogens is 421 g/mol. The molecule has 6 nitrogen and oxygen atoms in total. The number of aryl methyl sites for hydroxylation is 1. The summed E-state index contributed by atoms with van der Waals surface area (Å²) in [5.74, 6) is 0.840. The molecular formula is C23H25F3N4O2. The molecule has 2 amide bonds. The Labute approximate surface area is 183 Å². The normalized spacial score (nSPS) is 26.2. The van der Waals surface area contributed by atoms with Gasteiger partial charge in [-0.05, 0) is 61.6 Å². The van der Waals surface area contributed by atoms with E-state index in [0.29, 0.717) is 42.9 Å². The zero-order valence-corrected chi connectivity index (χ0v) is 17.9. The topological polar surface area (TPSA) is 58.4 Å². The molecule has 170 valence electrons. The third kappa shape index (κ3) is 3.11. The number of carbonyl (C=O) groups excluding carboxylic acids is 2. The third-order valence-electron chi connectivity index (χ3n) is 7.70. The van der Waals surface area contributed by atoms with Crippen LogP contribution in [0.3, 0.4) is 0 Å². The minimum Gasteiger partial charge on any atom is -0.339 e. The van der Waals surface area contributed by atoms with E-state index in [-0.39, 0.29) is 41.0 Å². The van der Waals surface area contributed by atoms with Crippen molar-refractivity contribution in [1.29, 1.82) is 0 Å². The van der Waals surface area contributed by atoms with E-state index in [1.165, 1.54) is 10.6 Å². The molecule has 1 aromatic carbocycles. The zero-order chi connectivity index (χ0) is 22.4. The van der Waals surface area contributed by atoms with Crippen molar-refractivity contribution < 1.29 is 22.8 Å². The molecule has 1 aromatic heterocycles. The largest absolute Gasteiger partial charge is 0.418 e. The maximum absolute atomic E-state index is 13.8. The summed E-state index contributed by atoms with van der Waals surface area (Å²) in [4.78, 5) is 33.4. The van der Waals surface area contributed by atoms with E-state index in [1.54, 1.807) is 18.0 Å². The number of hydrogen-bond acceptors (Lipinski definition) is 3. The number of amides is 2. The molecule has 2 aliphatic carbocycles. The van der Waals surface area contributed by atoms with Gasteiger partial charge >= 0.3 is 6.18 Å². The van der Waals surface area contributed by atoms with Gasteiger partial charge in [-0.15, -0.1) is 0 Å². The third-order valence-corrected chi connectivity index (χ3v) is 7.70. The van der Waals surface area contributed by atoms with E-state index in [1.807, 2.05) is 4.90 Å². The summed E-state index contributed by atoms with van der Waals surface area (Å²) >= 11 is 0. The second-order valence-electron chi connectivity index (χ2n) is 9.82. The van der Waals surface area contributed by atoms with Gasteiger partial charge in [0, 0.05) is 38.6 Å². The summed E-state index contributed by atoms with van der Waals surface area (Å²) in [6.07, 6.45) is -0.341. The maximum Gasteiger partial charge on any atom is 0.418 e. The van der Waals surface area contributed by atoms with E-state index >= 15 is 0 Å². The molecule has 2 unspecified atom stereocenters. The van der Waals surface area contributed by atoms with Crippen molar-refractivity contribution in [1.82, 2.24) is 19.4 Å². The summed E-state index contributed by atoms with van der Waals surface area (Å²) in [6, 6.07) is 3.10. The lowest BCUT2D eigenvalue weighted by Gasteiger charge is -2.37. The number of nitrogens with zero attached hydrogens (tertiary/aromatic N) is 4. The van der Waals surface area contributed by atoms with Crippen molar-refractivity contribution in [3.05, 3.63) is 29.1 Å². The minimum atomic E-state index is -4.53. The zero-order valence-electron chi connectivity index (χ0n) is 17.9. The lowest BCUT2D eigenvalue weighted by molar-refractivity contribution is -0.136. The van der Waals surface area contributed by atoms with Crippen LogP contribution >= 0.6 is 0 Å². The molecule has 3 heterocycles. The Kier molecular flexibility index (Phi) is 4.21. The van der Waals surface area contributed by atoms with Crippen molar-refractivity contribution >= 4 is 22.8 Å². The van der Waals surface area contributed by atoms with Crippen LogP contribution in [0.1, 0.15) is 59.8 Å². The first-order valence-electron chi connectivity index (χ1n) is 11.4. The molecule has 2 saturated heterocycles. The molecule has 0 radical (unpaired) electrons. The summed E-state index contributed by atoms with van der Waals surface area (Å²) in [5.41, 5.74) is 0.0868. The van der Waals surface area contributed by atoms with Crippen LogP contribution in [-0.2, 0) is 18.0 Å². The van der Waals surface area contributed by atoms with Crippen LogP contribution < -0.4 is 0 Å². The number of imidazole rings is 1. The number of hydrogen-bond donors (Lipinski definition) is 0. The van der Waals surface area contributed by atoms with Crippen LogP contribution in [-0.4, -0.2) is 56.8 Å². The molecule has 0 bridgehead atoms. The number of fused-ring (bicyclic) bond motifs is 2. The lowest BCUT2D eigenvalue weighted by Crippen LogP contribution is -2.48. The van der Waals surface area contributed by atoms with Crippen molar-refractivity contribution in [2.45, 2.75) is 50.2 Å². The molecule has 0 spiro atoms. The predicted molar refractivity (Wildman–Crippen MR) is 110 cm³/mol. The monoisotopic (exact) mass is 446 g/mol. The smallest absolute Gasteiger partial charge is 0.339 e. The van der Waals surface area contributed by atoms with Crippen LogP contribution in [0.4, 0.5) is 13.2 Å². The Morgan fingerprint density at radius 1 is 1.12 bits per heavy atom. The highest BCUT2D eigenvalue weighted by atomic mass is 19.4. The molecule has 0 N–H and O–H groups in total. The predicted octanol–water partition coefficient (Wildman–Crippen LogP) is 3.55. The number of alkyl halides is 3. The second kappa shape index (κ2) is 6.71. The average Bonchev–Trinajstić information content (AvgIpc) is 3.68. The summed E-state index contributed by atoms with van der Waals surface area (Å²) < 4.78 is 42.8. The second-order valence-corrected chi connectivity index (χ2v) is 9.82. The molecule has 2 aliphatic heterocycles. The van der Waals surface area contributed by atoms with E-state index in [4.69, 9.17) is 0 Å². The van der Waals surface area contributed by atoms with E-state index in [9.17, 15) is 22.8 Å². The molecule has 2 atom stereocenters. The van der Waals surface area contributed by atoms with Gasteiger partial charge in [-0.1, -0.05) is 0 Å². The van der Waals surface area contributed by atoms with E-state index in [2.05, 4.69) is 4.98 Å². The van der Waals surface area contributed by atoms with Gasteiger partial charge < -0.3 is 14.4 Å². The van der Waals surface area contributed by atoms with Gasteiger partial charge in [0.2, 0.25) is 5.91 Å². The number of halogens is 3. The van der Waals surface area contributed by atoms with Crippen LogP contribution in [0.2, 0.25) is 0 Å². The molecule has 2 saturated carbocycles. The van der Waals surface area contributed by atoms with Crippen LogP contribution in [0.25, 0.3) is 11.0 Å². The van der Waals surface area contributed by atoms with Crippen molar-refractivity contribution in [2.75, 3.05) is 19.6 Å². The Hall–Kier alpha value is -2.58. The molecule has 2 aromatic rings. The maximum atomic E-state index is 13.8. The van der Waals surface area contributed by atoms with Gasteiger partial charge in [0.15, 0.2) is 5.82 Å². The highest BCUT2D eigenvalue weighted by molar-refractivity contribution is 5.96. The Balaban J connectivity index is 1.25. The fraction of sp³-hybridized carbons (Fsp3) is 0.609. The van der Waals surface area contributed by atoms with Gasteiger partial charge in [0.1, 0.15) is 5.52 Å². The highest BCUT2D eigenvalue weighted by Crippen LogP contribution is 2.47. The van der Waals surface area contributed by atoms with E-state index in [0.717, 1.165) is 25.8 Å². The Bertz CT molecular complexity index is 1130. The Morgan fingerprint density at radius 2 is 1.84 bits per heavy atom. The number of rotatable bonds is 3. The van der Waals surface area contributed by atoms with Crippen molar-refractivity contribution in [2.24, 2.45) is 18.9 Å². The first-order chi connectivity index (χ1) is 15.2. The van der Waals surface area contributed by atoms with Gasteiger partial charge in [0.05, 0.1) is 11.1 Å². The quantitative estimate of drug-likeness (QED) is 0.725.